The molecule has 2 rings (SSSR count). The minimum absolute atomic E-state index is 0.144. The third-order valence-corrected chi connectivity index (χ3v) is 5.54. The summed E-state index contributed by atoms with van der Waals surface area (Å²) in [7, 11) is 0. The lowest BCUT2D eigenvalue weighted by Crippen LogP contribution is -2.54. The molecule has 0 spiro atoms. The van der Waals surface area contributed by atoms with Crippen molar-refractivity contribution >= 4 is 0 Å². The second-order valence-electron chi connectivity index (χ2n) is 7.16. The predicted octanol–water partition coefficient (Wildman–Crippen LogP) is 2.67. The Hall–Kier alpha value is -0.120. The minimum Gasteiger partial charge on any atom is -0.391 e. The molecule has 0 bridgehead atoms. The molecule has 0 aromatic carbocycles. The number of hydrogen-bond donors (Lipinski definition) is 1. The fourth-order valence-electron chi connectivity index (χ4n) is 3.67. The maximum Gasteiger partial charge on any atom is 0.0695 e. The molecule has 2 aliphatic rings. The summed E-state index contributed by atoms with van der Waals surface area (Å²) < 4.78 is 5.63. The molecule has 0 aromatic heterocycles. The summed E-state index contributed by atoms with van der Waals surface area (Å²) in [5.74, 6) is 0.740. The van der Waals surface area contributed by atoms with Gasteiger partial charge in [0.2, 0.25) is 0 Å². The first-order valence-corrected chi connectivity index (χ1v) is 7.97. The van der Waals surface area contributed by atoms with Gasteiger partial charge in [-0.3, -0.25) is 4.90 Å². The lowest BCUT2D eigenvalue weighted by Gasteiger charge is -2.47. The highest BCUT2D eigenvalue weighted by Crippen LogP contribution is 2.41. The molecule has 4 atom stereocenters. The molecule has 3 heteroatoms. The Morgan fingerprint density at radius 2 is 2.05 bits per heavy atom. The van der Waals surface area contributed by atoms with Crippen LogP contribution in [0.25, 0.3) is 0 Å². The van der Waals surface area contributed by atoms with E-state index in [1.165, 1.54) is 12.8 Å². The monoisotopic (exact) mass is 269 g/mol. The van der Waals surface area contributed by atoms with Crippen LogP contribution in [0.5, 0.6) is 0 Å². The van der Waals surface area contributed by atoms with Gasteiger partial charge in [-0.1, -0.05) is 27.2 Å². The van der Waals surface area contributed by atoms with Gasteiger partial charge in [-0.2, -0.15) is 0 Å². The summed E-state index contributed by atoms with van der Waals surface area (Å²) >= 11 is 0. The largest absolute Gasteiger partial charge is 0.391 e. The van der Waals surface area contributed by atoms with Gasteiger partial charge in [0.05, 0.1) is 18.8 Å². The number of aliphatic hydroxyl groups is 1. The zero-order valence-electron chi connectivity index (χ0n) is 13.1. The SMILES string of the molecule is CCC(C)(C)C1CCC(O)C(N2CCOC(C)C2)C1. The fourth-order valence-corrected chi connectivity index (χ4v) is 3.67. The normalized spacial score (nSPS) is 38.4. The third kappa shape index (κ3) is 3.50. The van der Waals surface area contributed by atoms with Crippen LogP contribution in [0.2, 0.25) is 0 Å². The van der Waals surface area contributed by atoms with Crippen molar-refractivity contribution in [2.45, 2.75) is 71.6 Å². The topological polar surface area (TPSA) is 32.7 Å². The summed E-state index contributed by atoms with van der Waals surface area (Å²) in [4.78, 5) is 2.47. The molecule has 2 fully saturated rings. The summed E-state index contributed by atoms with van der Waals surface area (Å²) in [5, 5.41) is 10.4. The van der Waals surface area contributed by atoms with E-state index < -0.39 is 0 Å². The number of morpholine rings is 1. The molecule has 1 aliphatic heterocycles. The van der Waals surface area contributed by atoms with Crippen LogP contribution < -0.4 is 0 Å². The standard InChI is InChI=1S/C16H31NO2/c1-5-16(3,4)13-6-7-15(18)14(10-13)17-8-9-19-12(2)11-17/h12-15,18H,5-11H2,1-4H3. The molecule has 1 aliphatic carbocycles. The number of rotatable bonds is 3. The van der Waals surface area contributed by atoms with E-state index >= 15 is 0 Å². The summed E-state index contributed by atoms with van der Waals surface area (Å²) in [6.45, 7) is 12.0. The van der Waals surface area contributed by atoms with E-state index in [9.17, 15) is 5.11 Å². The van der Waals surface area contributed by atoms with Crippen LogP contribution in [-0.2, 0) is 4.74 Å². The third-order valence-electron chi connectivity index (χ3n) is 5.54. The van der Waals surface area contributed by atoms with Crippen LogP contribution >= 0.6 is 0 Å². The van der Waals surface area contributed by atoms with Crippen molar-refractivity contribution in [3.05, 3.63) is 0 Å². The molecule has 3 nitrogen and oxygen atoms in total. The lowest BCUT2D eigenvalue weighted by molar-refractivity contribution is -0.0813. The van der Waals surface area contributed by atoms with Gasteiger partial charge < -0.3 is 9.84 Å². The maximum atomic E-state index is 10.4. The van der Waals surface area contributed by atoms with Gasteiger partial charge in [-0.05, 0) is 37.5 Å². The smallest absolute Gasteiger partial charge is 0.0695 e. The van der Waals surface area contributed by atoms with Crippen LogP contribution in [0.15, 0.2) is 0 Å². The molecule has 1 saturated carbocycles. The highest BCUT2D eigenvalue weighted by atomic mass is 16.5. The minimum atomic E-state index is -0.144. The van der Waals surface area contributed by atoms with Gasteiger partial charge in [0, 0.05) is 19.1 Å². The number of nitrogens with zero attached hydrogens (tertiary/aromatic N) is 1. The Bertz CT molecular complexity index is 292. The van der Waals surface area contributed by atoms with Crippen LogP contribution in [0.3, 0.4) is 0 Å². The maximum absolute atomic E-state index is 10.4. The van der Waals surface area contributed by atoms with Gasteiger partial charge >= 0.3 is 0 Å². The van der Waals surface area contributed by atoms with Gasteiger partial charge in [0.25, 0.3) is 0 Å². The van der Waals surface area contributed by atoms with Gasteiger partial charge in [0.1, 0.15) is 0 Å². The van der Waals surface area contributed by atoms with E-state index in [0.717, 1.165) is 38.5 Å². The van der Waals surface area contributed by atoms with Crippen LogP contribution in [-0.4, -0.2) is 48.0 Å². The average molecular weight is 269 g/mol. The molecule has 112 valence electrons. The summed E-state index contributed by atoms with van der Waals surface area (Å²) in [5.41, 5.74) is 0.399. The van der Waals surface area contributed by atoms with Crippen molar-refractivity contribution < 1.29 is 9.84 Å². The Kier molecular flexibility index (Phi) is 4.91. The van der Waals surface area contributed by atoms with Crippen molar-refractivity contribution in [3.63, 3.8) is 0 Å². The second-order valence-corrected chi connectivity index (χ2v) is 7.16. The van der Waals surface area contributed by atoms with Gasteiger partial charge in [0.15, 0.2) is 0 Å². The van der Waals surface area contributed by atoms with Crippen molar-refractivity contribution in [2.24, 2.45) is 11.3 Å². The molecule has 4 unspecified atom stereocenters. The highest BCUT2D eigenvalue weighted by Gasteiger charge is 2.39. The van der Waals surface area contributed by atoms with E-state index in [1.807, 2.05) is 0 Å². The molecule has 1 N–H and O–H groups in total. The summed E-state index contributed by atoms with van der Waals surface area (Å²) in [6, 6.07) is 0.343. The van der Waals surface area contributed by atoms with Crippen molar-refractivity contribution in [3.8, 4) is 0 Å². The van der Waals surface area contributed by atoms with Crippen molar-refractivity contribution in [2.75, 3.05) is 19.7 Å². The predicted molar refractivity (Wildman–Crippen MR) is 78.2 cm³/mol. The molecule has 0 aromatic rings. The zero-order valence-corrected chi connectivity index (χ0v) is 13.1. The quantitative estimate of drug-likeness (QED) is 0.855. The Morgan fingerprint density at radius 1 is 1.32 bits per heavy atom. The second kappa shape index (κ2) is 6.11. The van der Waals surface area contributed by atoms with E-state index in [-0.39, 0.29) is 6.10 Å². The molecular formula is C16H31NO2. The zero-order chi connectivity index (χ0) is 14.0. The lowest BCUT2D eigenvalue weighted by atomic mass is 9.67. The Labute approximate surface area is 118 Å². The molecule has 19 heavy (non-hydrogen) atoms. The van der Waals surface area contributed by atoms with E-state index in [0.29, 0.717) is 17.6 Å². The molecule has 0 radical (unpaired) electrons. The average Bonchev–Trinajstić information content (AvgIpc) is 2.39. The molecule has 1 heterocycles. The van der Waals surface area contributed by atoms with Crippen LogP contribution in [0, 0.1) is 11.3 Å². The highest BCUT2D eigenvalue weighted by molar-refractivity contribution is 4.92. The number of hydrogen-bond acceptors (Lipinski definition) is 3. The number of aliphatic hydroxyl groups excluding tert-OH is 1. The van der Waals surface area contributed by atoms with E-state index in [1.54, 1.807) is 0 Å². The number of ether oxygens (including phenoxy) is 1. The van der Waals surface area contributed by atoms with Gasteiger partial charge in [-0.15, -0.1) is 0 Å². The Balaban J connectivity index is 2.02. The van der Waals surface area contributed by atoms with E-state index in [4.69, 9.17) is 4.74 Å². The summed E-state index contributed by atoms with van der Waals surface area (Å²) in [6.07, 6.45) is 4.67. The molecule has 0 amide bonds. The van der Waals surface area contributed by atoms with Gasteiger partial charge in [-0.25, -0.2) is 0 Å². The van der Waals surface area contributed by atoms with Crippen molar-refractivity contribution in [1.29, 1.82) is 0 Å². The molecular weight excluding hydrogens is 238 g/mol. The first kappa shape index (κ1) is 15.3. The van der Waals surface area contributed by atoms with Crippen molar-refractivity contribution in [1.82, 2.24) is 4.90 Å². The van der Waals surface area contributed by atoms with Crippen LogP contribution in [0.4, 0.5) is 0 Å². The van der Waals surface area contributed by atoms with E-state index in [2.05, 4.69) is 32.6 Å². The van der Waals surface area contributed by atoms with Crippen LogP contribution in [0.1, 0.15) is 53.4 Å². The molecule has 1 saturated heterocycles. The first-order valence-electron chi connectivity index (χ1n) is 7.97. The first-order chi connectivity index (χ1) is 8.94. The Morgan fingerprint density at radius 3 is 2.68 bits per heavy atom. The fraction of sp³-hybridized carbons (Fsp3) is 1.00.